The Bertz CT molecular complexity index is 951. The van der Waals surface area contributed by atoms with Crippen molar-refractivity contribution in [1.82, 2.24) is 20.0 Å². The lowest BCUT2D eigenvalue weighted by atomic mass is 9.97. The van der Waals surface area contributed by atoms with Gasteiger partial charge in [0.1, 0.15) is 5.69 Å². The number of piperidine rings is 1. The minimum atomic E-state index is -0.184. The number of hydrogen-bond donors (Lipinski definition) is 1. The number of aromatic nitrogens is 3. The first-order chi connectivity index (χ1) is 13.6. The quantitative estimate of drug-likeness (QED) is 0.658. The van der Waals surface area contributed by atoms with Gasteiger partial charge in [0.15, 0.2) is 0 Å². The van der Waals surface area contributed by atoms with Crippen molar-refractivity contribution in [2.45, 2.75) is 18.8 Å². The second kappa shape index (κ2) is 8.16. The number of carbonyl (C=O) groups is 1. The number of amides is 2. The van der Waals surface area contributed by atoms with Gasteiger partial charge in [-0.1, -0.05) is 34.4 Å². The van der Waals surface area contributed by atoms with Crippen molar-refractivity contribution in [2.24, 2.45) is 0 Å². The monoisotopic (exact) mass is 417 g/mol. The van der Waals surface area contributed by atoms with Crippen molar-refractivity contribution in [1.29, 1.82) is 0 Å². The summed E-state index contributed by atoms with van der Waals surface area (Å²) in [5, 5.41) is 7.80. The van der Waals surface area contributed by atoms with Crippen LogP contribution < -0.4 is 5.32 Å². The summed E-state index contributed by atoms with van der Waals surface area (Å²) in [6.45, 7) is 1.18. The fourth-order valence-electron chi connectivity index (χ4n) is 3.16. The third-order valence-electron chi connectivity index (χ3n) is 4.58. The Kier molecular flexibility index (Phi) is 5.45. The molecule has 1 aliphatic rings. The normalized spacial score (nSPS) is 14.9. The Labute approximate surface area is 171 Å². The second-order valence-electron chi connectivity index (χ2n) is 6.52. The first-order valence-corrected chi connectivity index (χ1v) is 9.61. The predicted molar refractivity (Wildman–Crippen MR) is 107 cm³/mol. The summed E-state index contributed by atoms with van der Waals surface area (Å²) < 4.78 is 5.43. The summed E-state index contributed by atoms with van der Waals surface area (Å²) in [6.07, 6.45) is 3.18. The topological polar surface area (TPSA) is 84.2 Å². The van der Waals surface area contributed by atoms with Crippen LogP contribution in [0.1, 0.15) is 24.7 Å². The van der Waals surface area contributed by atoms with E-state index < -0.39 is 0 Å². The van der Waals surface area contributed by atoms with Gasteiger partial charge in [-0.25, -0.2) is 4.79 Å². The van der Waals surface area contributed by atoms with Gasteiger partial charge in [-0.15, -0.1) is 0 Å². The molecule has 2 amide bonds. The highest BCUT2D eigenvalue weighted by Gasteiger charge is 2.28. The number of nitrogens with zero attached hydrogens (tertiary/aromatic N) is 4. The van der Waals surface area contributed by atoms with Crippen LogP contribution in [0.25, 0.3) is 11.5 Å². The van der Waals surface area contributed by atoms with Crippen LogP contribution in [0.2, 0.25) is 10.0 Å². The summed E-state index contributed by atoms with van der Waals surface area (Å²) in [7, 11) is 0. The third kappa shape index (κ3) is 4.26. The van der Waals surface area contributed by atoms with Crippen molar-refractivity contribution < 1.29 is 9.32 Å². The molecule has 0 bridgehead atoms. The molecule has 1 N–H and O–H groups in total. The molecule has 3 heterocycles. The van der Waals surface area contributed by atoms with Gasteiger partial charge in [0.25, 0.3) is 0 Å². The van der Waals surface area contributed by atoms with Crippen LogP contribution in [-0.4, -0.2) is 39.1 Å². The molecule has 4 rings (SSSR count). The Morgan fingerprint density at radius 2 is 1.89 bits per heavy atom. The lowest BCUT2D eigenvalue weighted by Crippen LogP contribution is -2.40. The largest absolute Gasteiger partial charge is 0.339 e. The molecule has 144 valence electrons. The van der Waals surface area contributed by atoms with E-state index in [0.29, 0.717) is 46.2 Å². The smallest absolute Gasteiger partial charge is 0.321 e. The van der Waals surface area contributed by atoms with Crippen LogP contribution in [0.4, 0.5) is 10.5 Å². The first kappa shape index (κ1) is 18.7. The zero-order chi connectivity index (χ0) is 19.5. The zero-order valence-electron chi connectivity index (χ0n) is 14.8. The van der Waals surface area contributed by atoms with E-state index in [-0.39, 0.29) is 11.9 Å². The van der Waals surface area contributed by atoms with Crippen molar-refractivity contribution in [3.05, 3.63) is 58.5 Å². The minimum Gasteiger partial charge on any atom is -0.339 e. The number of hydrogen-bond acceptors (Lipinski definition) is 5. The van der Waals surface area contributed by atoms with Gasteiger partial charge in [0, 0.05) is 40.9 Å². The Morgan fingerprint density at radius 1 is 1.14 bits per heavy atom. The fourth-order valence-corrected chi connectivity index (χ4v) is 3.68. The van der Waals surface area contributed by atoms with Gasteiger partial charge in [-0.3, -0.25) is 4.98 Å². The van der Waals surface area contributed by atoms with Crippen LogP contribution in [0.5, 0.6) is 0 Å². The van der Waals surface area contributed by atoms with Crippen molar-refractivity contribution >= 4 is 34.9 Å². The number of benzene rings is 1. The molecule has 0 unspecified atom stereocenters. The summed E-state index contributed by atoms with van der Waals surface area (Å²) >= 11 is 12.0. The lowest BCUT2D eigenvalue weighted by molar-refractivity contribution is 0.187. The van der Waals surface area contributed by atoms with Crippen molar-refractivity contribution in [2.75, 3.05) is 18.4 Å². The van der Waals surface area contributed by atoms with Gasteiger partial charge in [0.05, 0.1) is 0 Å². The number of nitrogens with one attached hydrogen (secondary N) is 1. The molecular weight excluding hydrogens is 401 g/mol. The summed E-state index contributed by atoms with van der Waals surface area (Å²) in [4.78, 5) is 22.9. The number of pyridine rings is 1. The molecule has 1 fully saturated rings. The van der Waals surface area contributed by atoms with E-state index in [0.717, 1.165) is 12.8 Å². The highest BCUT2D eigenvalue weighted by atomic mass is 35.5. The molecule has 0 spiro atoms. The highest BCUT2D eigenvalue weighted by Crippen LogP contribution is 2.29. The summed E-state index contributed by atoms with van der Waals surface area (Å²) in [5.74, 6) is 1.19. The standard InChI is InChI=1S/C19H17Cl2N5O2/c20-13-9-14(21)11-15(10-13)23-19(27)26-7-4-12(5-8-26)18-24-17(25-28-18)16-3-1-2-6-22-16/h1-3,6,9-12H,4-5,7-8H2,(H,23,27). The van der Waals surface area contributed by atoms with Gasteiger partial charge in [-0.05, 0) is 43.2 Å². The van der Waals surface area contributed by atoms with Crippen molar-refractivity contribution in [3.63, 3.8) is 0 Å². The maximum absolute atomic E-state index is 12.5. The first-order valence-electron chi connectivity index (χ1n) is 8.85. The van der Waals surface area contributed by atoms with E-state index in [4.69, 9.17) is 27.7 Å². The number of rotatable bonds is 3. The number of anilines is 1. The molecule has 28 heavy (non-hydrogen) atoms. The number of likely N-dealkylation sites (tertiary alicyclic amines) is 1. The van der Waals surface area contributed by atoms with Crippen LogP contribution in [-0.2, 0) is 0 Å². The van der Waals surface area contributed by atoms with Crippen molar-refractivity contribution in [3.8, 4) is 11.5 Å². The number of urea groups is 1. The van der Waals surface area contributed by atoms with Crippen LogP contribution >= 0.6 is 23.2 Å². The Morgan fingerprint density at radius 3 is 2.57 bits per heavy atom. The fraction of sp³-hybridized carbons (Fsp3) is 0.263. The molecule has 1 aliphatic heterocycles. The molecule has 9 heteroatoms. The van der Waals surface area contributed by atoms with E-state index in [9.17, 15) is 4.79 Å². The maximum Gasteiger partial charge on any atom is 0.321 e. The molecule has 0 aliphatic carbocycles. The average Bonchev–Trinajstić information content (AvgIpc) is 3.18. The van der Waals surface area contributed by atoms with E-state index in [2.05, 4.69) is 20.4 Å². The zero-order valence-corrected chi connectivity index (χ0v) is 16.3. The molecular formula is C19H17Cl2N5O2. The van der Waals surface area contributed by atoms with Gasteiger partial charge < -0.3 is 14.7 Å². The maximum atomic E-state index is 12.5. The van der Waals surface area contributed by atoms with Crippen LogP contribution in [0.3, 0.4) is 0 Å². The average molecular weight is 418 g/mol. The Hall–Kier alpha value is -2.64. The molecule has 7 nitrogen and oxygen atoms in total. The Balaban J connectivity index is 1.35. The molecule has 1 aromatic carbocycles. The minimum absolute atomic E-state index is 0.120. The van der Waals surface area contributed by atoms with E-state index in [1.54, 1.807) is 29.3 Å². The van der Waals surface area contributed by atoms with Crippen LogP contribution in [0, 0.1) is 0 Å². The highest BCUT2D eigenvalue weighted by molar-refractivity contribution is 6.35. The van der Waals surface area contributed by atoms with Gasteiger partial charge in [-0.2, -0.15) is 4.98 Å². The van der Waals surface area contributed by atoms with E-state index in [1.807, 2.05) is 18.2 Å². The number of halogens is 2. The second-order valence-corrected chi connectivity index (χ2v) is 7.39. The van der Waals surface area contributed by atoms with E-state index in [1.165, 1.54) is 0 Å². The van der Waals surface area contributed by atoms with E-state index >= 15 is 0 Å². The van der Waals surface area contributed by atoms with Gasteiger partial charge >= 0.3 is 6.03 Å². The molecule has 0 atom stereocenters. The molecule has 1 saturated heterocycles. The third-order valence-corrected chi connectivity index (χ3v) is 5.02. The lowest BCUT2D eigenvalue weighted by Gasteiger charge is -2.30. The summed E-state index contributed by atoms with van der Waals surface area (Å²) in [6, 6.07) is 10.3. The number of carbonyl (C=O) groups excluding carboxylic acids is 1. The molecule has 2 aromatic heterocycles. The SMILES string of the molecule is O=C(Nc1cc(Cl)cc(Cl)c1)N1CCC(c2nc(-c3ccccn3)no2)CC1. The van der Waals surface area contributed by atoms with Gasteiger partial charge in [0.2, 0.25) is 11.7 Å². The van der Waals surface area contributed by atoms with Crippen LogP contribution in [0.15, 0.2) is 47.1 Å². The molecule has 0 radical (unpaired) electrons. The molecule has 0 saturated carbocycles. The molecule has 3 aromatic rings. The summed E-state index contributed by atoms with van der Waals surface area (Å²) in [5.41, 5.74) is 1.25. The predicted octanol–water partition coefficient (Wildman–Crippen LogP) is 4.85.